The van der Waals surface area contributed by atoms with Gasteiger partial charge in [-0.05, 0) is 68.3 Å². The Bertz CT molecular complexity index is 1340. The van der Waals surface area contributed by atoms with Crippen LogP contribution in [0.5, 0.6) is 11.5 Å². The molecule has 2 saturated heterocycles. The van der Waals surface area contributed by atoms with E-state index in [2.05, 4.69) is 16.0 Å². The van der Waals surface area contributed by atoms with E-state index in [1.165, 1.54) is 0 Å². The molecule has 0 radical (unpaired) electrons. The van der Waals surface area contributed by atoms with Crippen molar-refractivity contribution in [1.82, 2.24) is 20.9 Å². The number of nitrogens with one attached hydrogen (secondary N) is 3. The maximum absolute atomic E-state index is 14.7. The summed E-state index contributed by atoms with van der Waals surface area (Å²) >= 11 is 12.5. The first-order chi connectivity index (χ1) is 19.7. The van der Waals surface area contributed by atoms with Crippen molar-refractivity contribution in [2.75, 3.05) is 26.2 Å². The lowest BCUT2D eigenvalue weighted by Gasteiger charge is -2.38. The quantitative estimate of drug-likeness (QED) is 0.340. The van der Waals surface area contributed by atoms with Gasteiger partial charge in [-0.3, -0.25) is 20.2 Å². The third-order valence-electron chi connectivity index (χ3n) is 7.21. The van der Waals surface area contributed by atoms with Gasteiger partial charge in [0.2, 0.25) is 5.91 Å². The standard InChI is InChI=1S/C31H34Cl2N4O4/c1-4-40-24-13-14-25(26(17-24)41-19(2)3)31(30(39)37-16-15-34-27(38)18-37)35-28(20-5-9-22(32)10-6-20)29(36-31)21-7-11-23(33)12-8-21/h5-14,17,19,28-29,35-36H,4,15-16,18H2,1-3H3,(H,34,38). The molecule has 0 spiro atoms. The van der Waals surface area contributed by atoms with Gasteiger partial charge in [-0.2, -0.15) is 0 Å². The van der Waals surface area contributed by atoms with Gasteiger partial charge in [-0.1, -0.05) is 47.5 Å². The molecule has 41 heavy (non-hydrogen) atoms. The van der Waals surface area contributed by atoms with Crippen molar-refractivity contribution in [3.8, 4) is 11.5 Å². The fourth-order valence-electron chi connectivity index (χ4n) is 5.43. The zero-order valence-electron chi connectivity index (χ0n) is 23.2. The number of nitrogens with zero attached hydrogens (tertiary/aromatic N) is 1. The molecule has 0 aromatic heterocycles. The summed E-state index contributed by atoms with van der Waals surface area (Å²) in [5.41, 5.74) is 1.03. The number of rotatable bonds is 8. The summed E-state index contributed by atoms with van der Waals surface area (Å²) in [6.45, 7) is 6.98. The van der Waals surface area contributed by atoms with Crippen molar-refractivity contribution in [2.45, 2.75) is 44.6 Å². The summed E-state index contributed by atoms with van der Waals surface area (Å²) in [5, 5.41) is 11.4. The molecule has 0 aliphatic carbocycles. The number of benzene rings is 3. The largest absolute Gasteiger partial charge is 0.494 e. The number of hydrogen-bond acceptors (Lipinski definition) is 6. The summed E-state index contributed by atoms with van der Waals surface area (Å²) in [6, 6.07) is 19.9. The normalized spacial score (nSPS) is 22.5. The van der Waals surface area contributed by atoms with Crippen LogP contribution in [0.2, 0.25) is 10.0 Å². The number of halogens is 2. The maximum atomic E-state index is 14.7. The lowest BCUT2D eigenvalue weighted by Crippen LogP contribution is -2.62. The fraction of sp³-hybridized carbons (Fsp3) is 0.355. The number of amides is 2. The van der Waals surface area contributed by atoms with E-state index in [1.54, 1.807) is 4.90 Å². The highest BCUT2D eigenvalue weighted by Gasteiger charge is 2.54. The molecule has 8 nitrogen and oxygen atoms in total. The Hall–Kier alpha value is -3.30. The smallest absolute Gasteiger partial charge is 0.263 e. The first-order valence-electron chi connectivity index (χ1n) is 13.8. The van der Waals surface area contributed by atoms with Gasteiger partial charge in [-0.15, -0.1) is 0 Å². The molecule has 0 saturated carbocycles. The predicted octanol–water partition coefficient (Wildman–Crippen LogP) is 4.97. The van der Waals surface area contributed by atoms with Gasteiger partial charge in [0.15, 0.2) is 5.66 Å². The van der Waals surface area contributed by atoms with Gasteiger partial charge in [0.1, 0.15) is 11.5 Å². The van der Waals surface area contributed by atoms with Gasteiger partial charge in [0.05, 0.1) is 31.3 Å². The number of piperazine rings is 1. The van der Waals surface area contributed by atoms with E-state index in [0.29, 0.717) is 46.8 Å². The molecule has 2 unspecified atom stereocenters. The highest BCUT2D eigenvalue weighted by atomic mass is 35.5. The molecular weight excluding hydrogens is 563 g/mol. The molecule has 2 aliphatic heterocycles. The molecule has 2 heterocycles. The van der Waals surface area contributed by atoms with Crippen LogP contribution in [-0.2, 0) is 15.3 Å². The van der Waals surface area contributed by atoms with Crippen LogP contribution >= 0.6 is 23.2 Å². The van der Waals surface area contributed by atoms with E-state index in [4.69, 9.17) is 32.7 Å². The van der Waals surface area contributed by atoms with E-state index in [-0.39, 0.29) is 36.5 Å². The van der Waals surface area contributed by atoms with Gasteiger partial charge < -0.3 is 19.7 Å². The number of carbonyl (C=O) groups is 2. The average molecular weight is 598 g/mol. The SMILES string of the molecule is CCOc1ccc(C2(C(=O)N3CCNC(=O)C3)NC(c3ccc(Cl)cc3)C(c3ccc(Cl)cc3)N2)c(OC(C)C)c1. The van der Waals surface area contributed by atoms with Gasteiger partial charge in [-0.25, -0.2) is 0 Å². The zero-order valence-corrected chi connectivity index (χ0v) is 24.8. The van der Waals surface area contributed by atoms with E-state index >= 15 is 0 Å². The van der Waals surface area contributed by atoms with E-state index < -0.39 is 5.66 Å². The van der Waals surface area contributed by atoms with Crippen molar-refractivity contribution in [2.24, 2.45) is 0 Å². The monoisotopic (exact) mass is 596 g/mol. The molecule has 2 aliphatic rings. The Kier molecular flexibility index (Phi) is 8.75. The van der Waals surface area contributed by atoms with Crippen molar-refractivity contribution in [3.05, 3.63) is 93.5 Å². The molecule has 5 rings (SSSR count). The lowest BCUT2D eigenvalue weighted by atomic mass is 9.95. The van der Waals surface area contributed by atoms with Gasteiger partial charge >= 0.3 is 0 Å². The van der Waals surface area contributed by atoms with Crippen LogP contribution in [0.25, 0.3) is 0 Å². The van der Waals surface area contributed by atoms with E-state index in [0.717, 1.165) is 11.1 Å². The Morgan fingerprint density at radius 1 is 0.976 bits per heavy atom. The van der Waals surface area contributed by atoms with Crippen molar-refractivity contribution >= 4 is 35.0 Å². The Morgan fingerprint density at radius 2 is 1.56 bits per heavy atom. The molecule has 2 atom stereocenters. The van der Waals surface area contributed by atoms with Crippen LogP contribution in [0, 0.1) is 0 Å². The summed E-state index contributed by atoms with van der Waals surface area (Å²) in [5.74, 6) is 0.660. The molecule has 3 aromatic carbocycles. The second-order valence-corrected chi connectivity index (χ2v) is 11.3. The van der Waals surface area contributed by atoms with Gasteiger partial charge in [0.25, 0.3) is 5.91 Å². The number of carbonyl (C=O) groups excluding carboxylic acids is 2. The van der Waals surface area contributed by atoms with Crippen LogP contribution in [0.15, 0.2) is 66.7 Å². The van der Waals surface area contributed by atoms with E-state index in [9.17, 15) is 9.59 Å². The molecule has 3 N–H and O–H groups in total. The van der Waals surface area contributed by atoms with Crippen LogP contribution in [0.4, 0.5) is 0 Å². The highest BCUT2D eigenvalue weighted by Crippen LogP contribution is 2.45. The van der Waals surface area contributed by atoms with Crippen molar-refractivity contribution in [1.29, 1.82) is 0 Å². The minimum atomic E-state index is -1.44. The second kappa shape index (κ2) is 12.3. The van der Waals surface area contributed by atoms with Crippen LogP contribution in [0.1, 0.15) is 49.5 Å². The fourth-order valence-corrected chi connectivity index (χ4v) is 5.68. The first kappa shape index (κ1) is 29.2. The average Bonchev–Trinajstić information content (AvgIpc) is 3.35. The van der Waals surface area contributed by atoms with Crippen LogP contribution < -0.4 is 25.4 Å². The molecule has 216 valence electrons. The molecule has 3 aromatic rings. The molecular formula is C31H34Cl2N4O4. The van der Waals surface area contributed by atoms with Crippen LogP contribution in [-0.4, -0.2) is 49.1 Å². The Morgan fingerprint density at radius 3 is 2.07 bits per heavy atom. The van der Waals surface area contributed by atoms with Gasteiger partial charge in [0, 0.05) is 34.8 Å². The van der Waals surface area contributed by atoms with Crippen molar-refractivity contribution in [3.63, 3.8) is 0 Å². The number of hydrogen-bond donors (Lipinski definition) is 3. The third kappa shape index (κ3) is 6.16. The van der Waals surface area contributed by atoms with Crippen molar-refractivity contribution < 1.29 is 19.1 Å². The molecule has 0 bridgehead atoms. The Balaban J connectivity index is 1.69. The number of ether oxygens (including phenoxy) is 2. The summed E-state index contributed by atoms with van der Waals surface area (Å²) in [7, 11) is 0. The summed E-state index contributed by atoms with van der Waals surface area (Å²) in [4.78, 5) is 28.6. The van der Waals surface area contributed by atoms with Crippen LogP contribution in [0.3, 0.4) is 0 Å². The molecule has 2 amide bonds. The second-order valence-electron chi connectivity index (χ2n) is 10.4. The first-order valence-corrected chi connectivity index (χ1v) is 14.5. The lowest BCUT2D eigenvalue weighted by molar-refractivity contribution is -0.144. The topological polar surface area (TPSA) is 91.9 Å². The van der Waals surface area contributed by atoms with E-state index in [1.807, 2.05) is 87.5 Å². The third-order valence-corrected chi connectivity index (χ3v) is 7.72. The highest BCUT2D eigenvalue weighted by molar-refractivity contribution is 6.30. The predicted molar refractivity (Wildman–Crippen MR) is 159 cm³/mol. The Labute approximate surface area is 250 Å². The minimum absolute atomic E-state index is 0.0431. The summed E-state index contributed by atoms with van der Waals surface area (Å²) in [6.07, 6.45) is -0.168. The summed E-state index contributed by atoms with van der Waals surface area (Å²) < 4.78 is 12.1. The maximum Gasteiger partial charge on any atom is 0.263 e. The zero-order chi connectivity index (χ0) is 29.1. The molecule has 2 fully saturated rings. The minimum Gasteiger partial charge on any atom is -0.494 e. The molecule has 10 heteroatoms.